The third-order valence-corrected chi connectivity index (χ3v) is 25.7. The largest absolute Gasteiger partial charge is 0.379 e. The van der Waals surface area contributed by atoms with Crippen LogP contribution in [0.2, 0.25) is 30.1 Å². The smallest absolute Gasteiger partial charge is 0.319 e. The fraction of sp³-hybridized carbons (Fsp3) is 0.398. The number of amides is 2. The lowest BCUT2D eigenvalue weighted by Gasteiger charge is -2.33. The molecule has 118 heavy (non-hydrogen) atoms. The summed E-state index contributed by atoms with van der Waals surface area (Å²) in [7, 11) is -4.99. The van der Waals surface area contributed by atoms with Gasteiger partial charge in [-0.1, -0.05) is 118 Å². The molecule has 0 radical (unpaired) electrons. The molecule has 3 unspecified atom stereocenters. The van der Waals surface area contributed by atoms with E-state index in [2.05, 4.69) is 45.1 Å². The SMILES string of the molecule is CN1Cc2c(Cl)cc(Cl)cc2C(c2cccc(S(=O)(=O)CCCOCCOCCNC(=O)Nc3ccc(CC(=O)CCCOCCOCCNS(=O)(=O)c4cccc(C5CN(C)Cc6c(Cl)cc(Cl)cc65)c4)cc3)c2)C1.CN1Cc2c(Cl)cc(Cl)cc2C(c2cccc(S(=O)(=O)NCCOCCOCCN)c2)C1.O=Nc1ccc(N=O)cc1. The highest BCUT2D eigenvalue weighted by Gasteiger charge is 2.32. The van der Waals surface area contributed by atoms with Gasteiger partial charge in [-0.15, -0.1) is 9.81 Å². The number of Topliss-reactive ketones (excluding diaryl/α,β-unsaturated/α-hetero) is 1. The van der Waals surface area contributed by atoms with Crippen LogP contribution in [0.25, 0.3) is 0 Å². The molecular formula is C83H98Cl6N10O16S3. The molecule has 0 saturated heterocycles. The van der Waals surface area contributed by atoms with Crippen molar-refractivity contribution in [3.05, 3.63) is 253 Å². The number of nitrogens with zero attached hydrogens (tertiary/aromatic N) is 5. The van der Waals surface area contributed by atoms with Crippen LogP contribution in [0.3, 0.4) is 0 Å². The number of ether oxygens (including phenoxy) is 6. The Hall–Kier alpha value is -6.99. The van der Waals surface area contributed by atoms with Crippen molar-refractivity contribution < 1.29 is 63.3 Å². The summed E-state index contributed by atoms with van der Waals surface area (Å²) in [5.41, 5.74) is 16.0. The average molecular weight is 1800 g/mol. The monoisotopic (exact) mass is 1800 g/mol. The number of rotatable bonds is 41. The van der Waals surface area contributed by atoms with Gasteiger partial charge in [-0.25, -0.2) is 39.5 Å². The maximum atomic E-state index is 13.3. The third kappa shape index (κ3) is 29.4. The zero-order valence-corrected chi connectivity index (χ0v) is 72.7. The van der Waals surface area contributed by atoms with E-state index in [1.54, 1.807) is 97.1 Å². The van der Waals surface area contributed by atoms with E-state index in [1.165, 1.54) is 24.3 Å². The second-order valence-corrected chi connectivity index (χ2v) is 36.5. The second-order valence-electron chi connectivity index (χ2n) is 28.4. The Morgan fingerprint density at radius 3 is 1.23 bits per heavy atom. The Labute approximate surface area is 720 Å². The number of halogens is 6. The van der Waals surface area contributed by atoms with E-state index in [4.69, 9.17) is 104 Å². The first-order valence-corrected chi connectivity index (χ1v) is 45.1. The highest BCUT2D eigenvalue weighted by atomic mass is 35.5. The van der Waals surface area contributed by atoms with E-state index in [9.17, 15) is 44.7 Å². The van der Waals surface area contributed by atoms with Crippen LogP contribution in [0.15, 0.2) is 183 Å². The summed E-state index contributed by atoms with van der Waals surface area (Å²) in [4.78, 5) is 51.9. The molecule has 8 aromatic carbocycles. The number of sulfonamides is 2. The average Bonchev–Trinajstić information content (AvgIpc) is 0.781. The molecule has 3 heterocycles. The Bertz CT molecular complexity index is 4810. The molecule has 0 saturated carbocycles. The van der Waals surface area contributed by atoms with E-state index in [0.29, 0.717) is 132 Å². The summed E-state index contributed by atoms with van der Waals surface area (Å²) in [6, 6.07) is 44.4. The number of anilines is 1. The molecule has 8 aromatic rings. The number of likely N-dealkylation sites (N-methyl/N-ethyl adjacent to an activating group) is 3. The van der Waals surface area contributed by atoms with E-state index >= 15 is 0 Å². The molecule has 2 amide bonds. The number of fused-ring (bicyclic) bond motifs is 3. The molecule has 11 rings (SSSR count). The molecule has 26 nitrogen and oxygen atoms in total. The lowest BCUT2D eigenvalue weighted by Crippen LogP contribution is -2.31. The fourth-order valence-corrected chi connectivity index (χ4v) is 18.9. The topological polar surface area (TPSA) is 335 Å². The van der Waals surface area contributed by atoms with Gasteiger partial charge in [0.2, 0.25) is 20.0 Å². The van der Waals surface area contributed by atoms with Crippen molar-refractivity contribution in [3.63, 3.8) is 0 Å². The summed E-state index contributed by atoms with van der Waals surface area (Å²) in [5.74, 6) is -0.199. The van der Waals surface area contributed by atoms with Crippen molar-refractivity contribution in [2.75, 3.05) is 157 Å². The first-order chi connectivity index (χ1) is 56.6. The normalized spacial score (nSPS) is 15.6. The van der Waals surface area contributed by atoms with Gasteiger partial charge in [-0.05, 0) is 209 Å². The molecule has 0 aliphatic carbocycles. The van der Waals surface area contributed by atoms with Gasteiger partial charge in [0.05, 0.1) is 86.5 Å². The van der Waals surface area contributed by atoms with E-state index < -0.39 is 35.9 Å². The predicted octanol–water partition coefficient (Wildman–Crippen LogP) is 14.7. The molecule has 6 N–H and O–H groups in total. The van der Waals surface area contributed by atoms with E-state index in [0.717, 1.165) is 68.7 Å². The van der Waals surface area contributed by atoms with Crippen molar-refractivity contribution in [1.82, 2.24) is 29.5 Å². The van der Waals surface area contributed by atoms with Crippen LogP contribution in [0, 0.1) is 9.81 Å². The summed E-state index contributed by atoms with van der Waals surface area (Å²) >= 11 is 38.5. The van der Waals surface area contributed by atoms with Crippen LogP contribution < -0.4 is 25.8 Å². The van der Waals surface area contributed by atoms with Gasteiger partial charge in [-0.3, -0.25) is 4.79 Å². The predicted molar refractivity (Wildman–Crippen MR) is 463 cm³/mol. The van der Waals surface area contributed by atoms with Gasteiger partial charge in [0.15, 0.2) is 9.84 Å². The number of sulfone groups is 1. The molecule has 3 atom stereocenters. The zero-order valence-electron chi connectivity index (χ0n) is 65.7. The fourth-order valence-electron chi connectivity index (χ4n) is 13.7. The van der Waals surface area contributed by atoms with Crippen LogP contribution in [0.4, 0.5) is 21.9 Å². The minimum atomic E-state index is -3.79. The lowest BCUT2D eigenvalue weighted by molar-refractivity contribution is -0.118. The third-order valence-electron chi connectivity index (χ3n) is 19.3. The number of benzene rings is 8. The molecule has 0 bridgehead atoms. The maximum Gasteiger partial charge on any atom is 0.319 e. The molecule has 3 aliphatic rings. The molecular weight excluding hydrogens is 1700 g/mol. The van der Waals surface area contributed by atoms with Crippen LogP contribution in [-0.4, -0.2) is 204 Å². The van der Waals surface area contributed by atoms with Crippen LogP contribution in [0.1, 0.15) is 92.7 Å². The quantitative estimate of drug-likeness (QED) is 0.0175. The summed E-state index contributed by atoms with van der Waals surface area (Å²) in [6.07, 6.45) is 1.46. The highest BCUT2D eigenvalue weighted by molar-refractivity contribution is 7.91. The number of nitrogens with two attached hydrogens (primary N) is 1. The number of nitrogens with one attached hydrogen (secondary N) is 4. The summed E-state index contributed by atoms with van der Waals surface area (Å²) < 4.78 is 117. The minimum absolute atomic E-state index is 0.0352. The second kappa shape index (κ2) is 47.4. The highest BCUT2D eigenvalue weighted by Crippen LogP contribution is 2.42. The van der Waals surface area contributed by atoms with Crippen molar-refractivity contribution in [1.29, 1.82) is 0 Å². The first-order valence-electron chi connectivity index (χ1n) is 38.2. The van der Waals surface area contributed by atoms with Gasteiger partial charge >= 0.3 is 6.03 Å². The van der Waals surface area contributed by atoms with Crippen molar-refractivity contribution in [3.8, 4) is 0 Å². The number of ketones is 1. The van der Waals surface area contributed by atoms with E-state index in [1.807, 2.05) is 57.5 Å². The Morgan fingerprint density at radius 2 is 0.822 bits per heavy atom. The van der Waals surface area contributed by atoms with Crippen LogP contribution in [0.5, 0.6) is 0 Å². The van der Waals surface area contributed by atoms with Crippen LogP contribution in [-0.2, 0) is 89.2 Å². The zero-order chi connectivity index (χ0) is 84.8. The van der Waals surface area contributed by atoms with Gasteiger partial charge in [-0.2, -0.15) is 0 Å². The molecule has 0 fully saturated rings. The number of hydrogen-bond acceptors (Lipinski definition) is 22. The maximum absolute atomic E-state index is 13.3. The molecule has 0 spiro atoms. The van der Waals surface area contributed by atoms with Crippen molar-refractivity contribution in [2.45, 2.75) is 77.8 Å². The lowest BCUT2D eigenvalue weighted by atomic mass is 9.85. The number of nitroso groups, excluding NO2 is 2. The van der Waals surface area contributed by atoms with Gasteiger partial charge < -0.3 is 59.5 Å². The minimum Gasteiger partial charge on any atom is -0.379 e. The molecule has 3 aliphatic heterocycles. The van der Waals surface area contributed by atoms with Crippen molar-refractivity contribution >= 4 is 128 Å². The summed E-state index contributed by atoms with van der Waals surface area (Å²) in [6.45, 7) is 8.94. The van der Waals surface area contributed by atoms with Crippen LogP contribution >= 0.6 is 69.6 Å². The van der Waals surface area contributed by atoms with E-state index in [-0.39, 0.29) is 116 Å². The van der Waals surface area contributed by atoms with Gasteiger partial charge in [0, 0.05) is 145 Å². The Morgan fingerprint density at radius 1 is 0.449 bits per heavy atom. The number of hydrogen-bond donors (Lipinski definition) is 5. The molecule has 0 aromatic heterocycles. The first kappa shape index (κ1) is 94.9. The van der Waals surface area contributed by atoms with Crippen molar-refractivity contribution in [2.24, 2.45) is 16.1 Å². The number of urea groups is 1. The van der Waals surface area contributed by atoms with Gasteiger partial charge in [0.25, 0.3) is 0 Å². The molecule has 636 valence electrons. The summed E-state index contributed by atoms with van der Waals surface area (Å²) in [5, 5.41) is 14.3. The Balaban J connectivity index is 0.000000307. The molecule has 35 heteroatoms. The van der Waals surface area contributed by atoms with Gasteiger partial charge in [0.1, 0.15) is 17.2 Å². The number of carbonyl (C=O) groups is 2. The number of carbonyl (C=O) groups excluding carboxylic acids is 2. The standard InChI is InChI=1S/C55H65Cl4N5O10S2.C22H29Cl2N3O4S.C6H4N2O2/c1-63-34-49(47-30-41(56)32-53(58)51(47)36-63)39-7-3-10-45(28-39)75(67,68)26-6-19-72-23-24-73-20-16-60-55(66)62-43-14-12-38(13-15-43)27-44(65)9-5-18-71-22-25-74-21-17-61-76(69,70)46-11-4-8-40(29-46)50-35-64(2)37-52-48(50)31-42(57)33-54(52)59;1-27-14-20(19-12-17(23)13-22(24)21(19)15-27)16-3-2-4-18(11-16)32(28,29)26-6-8-31-10-9-30-7-5-25;9-7-5-1-2-6(8-10)4-3-5/h3-4,7-8,10-15,28-33,49-50,61H,5-6,9,16-27,34-37H2,1-2H3,(H2,60,62,66);2-4,11-13,20,26H,5-10,14-15,25H2,1H3;1-4H. The Kier molecular flexibility index (Phi) is 38.1.